The maximum Gasteiger partial charge on any atom is 0.338 e. The van der Waals surface area contributed by atoms with E-state index in [0.717, 1.165) is 0 Å². The number of hydrogen-bond acceptors (Lipinski definition) is 6. The number of esters is 1. The van der Waals surface area contributed by atoms with Crippen LogP contribution in [0.4, 0.5) is 0 Å². The van der Waals surface area contributed by atoms with Crippen LogP contribution >= 0.6 is 12.4 Å². The molecule has 0 aromatic heterocycles. The van der Waals surface area contributed by atoms with Crippen LogP contribution in [0.1, 0.15) is 28.3 Å². The molecule has 140 valence electrons. The molecule has 2 aromatic rings. The van der Waals surface area contributed by atoms with Crippen LogP contribution in [-0.2, 0) is 9.53 Å². The van der Waals surface area contributed by atoms with E-state index >= 15 is 0 Å². The molecule has 8 heteroatoms. The monoisotopic (exact) mass is 381 g/mol. The van der Waals surface area contributed by atoms with E-state index in [2.05, 4.69) is 0 Å². The summed E-state index contributed by atoms with van der Waals surface area (Å²) < 4.78 is 5.16. The molecule has 0 saturated carbocycles. The molecule has 0 radical (unpaired) electrons. The van der Waals surface area contributed by atoms with E-state index in [9.17, 15) is 24.9 Å². The quantitative estimate of drug-likeness (QED) is 0.427. The Bertz CT molecular complexity index is 753. The molecule has 0 saturated heterocycles. The Balaban J connectivity index is 0.00000338. The van der Waals surface area contributed by atoms with Crippen molar-refractivity contribution in [2.75, 3.05) is 6.61 Å². The number of aliphatic carboxylic acids is 1. The number of phenols is 2. The van der Waals surface area contributed by atoms with E-state index in [1.807, 2.05) is 0 Å². The molecule has 1 unspecified atom stereocenters. The molecule has 0 spiro atoms. The first-order chi connectivity index (χ1) is 11.9. The summed E-state index contributed by atoms with van der Waals surface area (Å²) in [4.78, 5) is 23.2. The summed E-state index contributed by atoms with van der Waals surface area (Å²) in [7, 11) is 0. The number of carboxylic acids is 1. The molecule has 2 rings (SSSR count). The lowest BCUT2D eigenvalue weighted by atomic mass is 9.89. The predicted molar refractivity (Wildman–Crippen MR) is 96.7 cm³/mol. The fraction of sp³-hybridized carbons (Fsp3) is 0.222. The van der Waals surface area contributed by atoms with Crippen LogP contribution < -0.4 is 5.73 Å². The highest BCUT2D eigenvalue weighted by Crippen LogP contribution is 2.31. The maximum absolute atomic E-state index is 11.9. The van der Waals surface area contributed by atoms with Crippen molar-refractivity contribution in [1.29, 1.82) is 0 Å². The second-order valence-corrected chi connectivity index (χ2v) is 5.51. The number of nitrogens with two attached hydrogens (primary N) is 1. The van der Waals surface area contributed by atoms with Gasteiger partial charge in [0, 0.05) is 5.92 Å². The number of ether oxygens (including phenoxy) is 1. The van der Waals surface area contributed by atoms with Gasteiger partial charge in [-0.25, -0.2) is 4.79 Å². The SMILES string of the molecule is Cl.N[C@H](C(=O)O)C(CCOC(=O)c1ccccc1)c1ccc(O)c(O)c1. The van der Waals surface area contributed by atoms with Crippen LogP contribution in [0, 0.1) is 0 Å². The van der Waals surface area contributed by atoms with Gasteiger partial charge in [-0.05, 0) is 36.2 Å². The van der Waals surface area contributed by atoms with Gasteiger partial charge in [0.1, 0.15) is 6.04 Å². The zero-order valence-corrected chi connectivity index (χ0v) is 14.6. The first kappa shape index (κ1) is 21.3. The van der Waals surface area contributed by atoms with E-state index in [1.54, 1.807) is 30.3 Å². The van der Waals surface area contributed by atoms with E-state index in [4.69, 9.17) is 10.5 Å². The Morgan fingerprint density at radius 2 is 1.69 bits per heavy atom. The highest BCUT2D eigenvalue weighted by molar-refractivity contribution is 5.89. The molecule has 0 aliphatic carbocycles. The topological polar surface area (TPSA) is 130 Å². The third-order valence-corrected chi connectivity index (χ3v) is 3.82. The summed E-state index contributed by atoms with van der Waals surface area (Å²) >= 11 is 0. The molecule has 0 amide bonds. The van der Waals surface area contributed by atoms with Crippen LogP contribution in [0.5, 0.6) is 11.5 Å². The van der Waals surface area contributed by atoms with Crippen LogP contribution in [0.3, 0.4) is 0 Å². The Labute approximate surface area is 156 Å². The Morgan fingerprint density at radius 1 is 1.04 bits per heavy atom. The second-order valence-electron chi connectivity index (χ2n) is 5.51. The first-order valence-electron chi connectivity index (χ1n) is 7.62. The highest BCUT2D eigenvalue weighted by Gasteiger charge is 2.27. The Kier molecular flexibility index (Phi) is 7.89. The summed E-state index contributed by atoms with van der Waals surface area (Å²) in [6.07, 6.45) is 0.149. The first-order valence-corrected chi connectivity index (χ1v) is 7.62. The second kappa shape index (κ2) is 9.65. The summed E-state index contributed by atoms with van der Waals surface area (Å²) in [5.41, 5.74) is 6.55. The third-order valence-electron chi connectivity index (χ3n) is 3.82. The van der Waals surface area contributed by atoms with Crippen LogP contribution in [-0.4, -0.2) is 39.9 Å². The number of carbonyl (C=O) groups excluding carboxylic acids is 1. The highest BCUT2D eigenvalue weighted by atomic mass is 35.5. The lowest BCUT2D eigenvalue weighted by molar-refractivity contribution is -0.139. The van der Waals surface area contributed by atoms with Gasteiger partial charge >= 0.3 is 11.9 Å². The van der Waals surface area contributed by atoms with Crippen molar-refractivity contribution in [1.82, 2.24) is 0 Å². The van der Waals surface area contributed by atoms with Crippen molar-refractivity contribution < 1.29 is 29.6 Å². The third kappa shape index (κ3) is 5.37. The van der Waals surface area contributed by atoms with Crippen LogP contribution in [0.15, 0.2) is 48.5 Å². The summed E-state index contributed by atoms with van der Waals surface area (Å²) in [5, 5.41) is 28.2. The standard InChI is InChI=1S/C18H19NO6.ClH/c19-16(17(22)23)13(12-6-7-14(20)15(21)10-12)8-9-25-18(24)11-4-2-1-3-5-11;/h1-7,10,13,16,20-21H,8-9,19H2,(H,22,23);1H/t13?,16-;/m0./s1. The number of benzene rings is 2. The van der Waals surface area contributed by atoms with E-state index < -0.39 is 23.9 Å². The minimum atomic E-state index is -1.25. The lowest BCUT2D eigenvalue weighted by Gasteiger charge is -2.21. The van der Waals surface area contributed by atoms with Gasteiger partial charge in [-0.3, -0.25) is 4.79 Å². The molecule has 0 bridgehead atoms. The van der Waals surface area contributed by atoms with Gasteiger partial charge in [-0.1, -0.05) is 24.3 Å². The summed E-state index contributed by atoms with van der Waals surface area (Å²) in [6, 6.07) is 11.1. The van der Waals surface area contributed by atoms with Crippen LogP contribution in [0.2, 0.25) is 0 Å². The van der Waals surface area contributed by atoms with Crippen molar-refractivity contribution in [2.24, 2.45) is 5.73 Å². The molecule has 0 aliphatic heterocycles. The van der Waals surface area contributed by atoms with Gasteiger partial charge in [-0.2, -0.15) is 0 Å². The van der Waals surface area contributed by atoms with Crippen LogP contribution in [0.25, 0.3) is 0 Å². The zero-order valence-electron chi connectivity index (χ0n) is 13.7. The molecule has 2 atom stereocenters. The van der Waals surface area contributed by atoms with Crippen molar-refractivity contribution in [2.45, 2.75) is 18.4 Å². The fourth-order valence-corrected chi connectivity index (χ4v) is 2.43. The molecular formula is C18H20ClNO6. The summed E-state index contributed by atoms with van der Waals surface area (Å²) in [6.45, 7) is -0.0407. The minimum Gasteiger partial charge on any atom is -0.504 e. The molecular weight excluding hydrogens is 362 g/mol. The van der Waals surface area contributed by atoms with Crippen molar-refractivity contribution in [3.05, 3.63) is 59.7 Å². The lowest BCUT2D eigenvalue weighted by Crippen LogP contribution is -2.37. The molecule has 0 fully saturated rings. The van der Waals surface area contributed by atoms with Crippen molar-refractivity contribution in [3.8, 4) is 11.5 Å². The molecule has 0 aliphatic rings. The normalized spacial score (nSPS) is 12.5. The smallest absolute Gasteiger partial charge is 0.338 e. The summed E-state index contributed by atoms with van der Waals surface area (Å²) in [5.74, 6) is -3.13. The predicted octanol–water partition coefficient (Wildman–Crippen LogP) is 2.26. The van der Waals surface area contributed by atoms with E-state index in [-0.39, 0.29) is 36.9 Å². The number of rotatable bonds is 7. The van der Waals surface area contributed by atoms with Crippen molar-refractivity contribution in [3.63, 3.8) is 0 Å². The molecule has 26 heavy (non-hydrogen) atoms. The minimum absolute atomic E-state index is 0. The average molecular weight is 382 g/mol. The largest absolute Gasteiger partial charge is 0.504 e. The van der Waals surface area contributed by atoms with Gasteiger partial charge in [0.2, 0.25) is 0 Å². The number of hydrogen-bond donors (Lipinski definition) is 4. The number of carboxylic acid groups (broad SMARTS) is 1. The number of phenolic OH excluding ortho intramolecular Hbond substituents is 2. The molecule has 0 heterocycles. The van der Waals surface area contributed by atoms with Gasteiger partial charge < -0.3 is 25.8 Å². The average Bonchev–Trinajstić information content (AvgIpc) is 2.61. The molecule has 7 nitrogen and oxygen atoms in total. The molecule has 5 N–H and O–H groups in total. The number of carbonyl (C=O) groups is 2. The molecule has 2 aromatic carbocycles. The van der Waals surface area contributed by atoms with Crippen molar-refractivity contribution >= 4 is 24.3 Å². The number of aromatic hydroxyl groups is 2. The van der Waals surface area contributed by atoms with Gasteiger partial charge in [-0.15, -0.1) is 12.4 Å². The Morgan fingerprint density at radius 3 is 2.27 bits per heavy atom. The van der Waals surface area contributed by atoms with Gasteiger partial charge in [0.25, 0.3) is 0 Å². The Hall–Kier alpha value is -2.77. The van der Waals surface area contributed by atoms with Gasteiger partial charge in [0.05, 0.1) is 12.2 Å². The zero-order chi connectivity index (χ0) is 18.4. The fourth-order valence-electron chi connectivity index (χ4n) is 2.43. The van der Waals surface area contributed by atoms with E-state index in [1.165, 1.54) is 18.2 Å². The van der Waals surface area contributed by atoms with Gasteiger partial charge in [0.15, 0.2) is 11.5 Å². The van der Waals surface area contributed by atoms with E-state index in [0.29, 0.717) is 11.1 Å². The maximum atomic E-state index is 11.9. The number of halogens is 1.